The highest BCUT2D eigenvalue weighted by Crippen LogP contribution is 2.49. The van der Waals surface area contributed by atoms with Crippen molar-refractivity contribution in [1.29, 1.82) is 0 Å². The largest absolute Gasteiger partial charge is 0.480 e. The zero-order valence-corrected chi connectivity index (χ0v) is 14.4. The molecule has 0 spiro atoms. The quantitative estimate of drug-likeness (QED) is 0.742. The van der Waals surface area contributed by atoms with E-state index in [0.717, 1.165) is 24.8 Å². The van der Waals surface area contributed by atoms with E-state index in [1.54, 1.807) is 29.2 Å². The van der Waals surface area contributed by atoms with Gasteiger partial charge in [0.1, 0.15) is 5.69 Å². The number of anilines is 1. The number of carbonyl (C=O) groups excluding carboxylic acids is 1. The van der Waals surface area contributed by atoms with Crippen molar-refractivity contribution >= 4 is 11.7 Å². The van der Waals surface area contributed by atoms with Crippen molar-refractivity contribution < 1.29 is 14.6 Å². The Morgan fingerprint density at radius 3 is 2.88 bits per heavy atom. The van der Waals surface area contributed by atoms with Crippen molar-refractivity contribution in [3.63, 3.8) is 0 Å². The Morgan fingerprint density at radius 1 is 1.52 bits per heavy atom. The predicted molar refractivity (Wildman–Crippen MR) is 92.3 cm³/mol. The summed E-state index contributed by atoms with van der Waals surface area (Å²) in [6.45, 7) is 0.0169. The van der Waals surface area contributed by atoms with Crippen LogP contribution in [0.5, 0.6) is 5.88 Å². The van der Waals surface area contributed by atoms with Crippen LogP contribution in [0.3, 0.4) is 0 Å². The van der Waals surface area contributed by atoms with Crippen LogP contribution in [0.25, 0.3) is 0 Å². The van der Waals surface area contributed by atoms with E-state index in [1.807, 2.05) is 13.2 Å². The minimum absolute atomic E-state index is 0.0169. The summed E-state index contributed by atoms with van der Waals surface area (Å²) in [6, 6.07) is 2.75. The molecule has 1 atom stereocenters. The van der Waals surface area contributed by atoms with Gasteiger partial charge in [-0.2, -0.15) is 5.10 Å². The average Bonchev–Trinajstić information content (AvgIpc) is 3.00. The number of methoxy groups -OCH3 is 1. The molecular formula is C17H23N5O3. The number of ether oxygens (including phenoxy) is 1. The molecule has 25 heavy (non-hydrogen) atoms. The summed E-state index contributed by atoms with van der Waals surface area (Å²) in [6.07, 6.45) is 7.95. The number of hydrogen-bond acceptors (Lipinski definition) is 5. The first-order valence-corrected chi connectivity index (χ1v) is 8.24. The minimum Gasteiger partial charge on any atom is -0.480 e. The van der Waals surface area contributed by atoms with Gasteiger partial charge in [-0.25, -0.2) is 9.78 Å². The third kappa shape index (κ3) is 3.43. The summed E-state index contributed by atoms with van der Waals surface area (Å²) in [4.78, 5) is 16.6. The molecule has 0 aliphatic heterocycles. The number of urea groups is 1. The Labute approximate surface area is 146 Å². The highest BCUT2D eigenvalue weighted by Gasteiger charge is 2.45. The molecule has 0 aromatic carbocycles. The Bertz CT molecular complexity index is 736. The molecule has 134 valence electrons. The molecule has 3 rings (SSSR count). The van der Waals surface area contributed by atoms with Gasteiger partial charge in [-0.3, -0.25) is 4.68 Å². The molecule has 1 aliphatic carbocycles. The first kappa shape index (κ1) is 17.2. The van der Waals surface area contributed by atoms with E-state index < -0.39 is 0 Å². The van der Waals surface area contributed by atoms with E-state index in [1.165, 1.54) is 7.11 Å². The number of aliphatic hydroxyl groups excluding tert-OH is 1. The van der Waals surface area contributed by atoms with Gasteiger partial charge in [0.2, 0.25) is 5.88 Å². The zero-order valence-electron chi connectivity index (χ0n) is 14.4. The molecule has 1 unspecified atom stereocenters. The van der Waals surface area contributed by atoms with Gasteiger partial charge in [-0.1, -0.05) is 6.42 Å². The molecular weight excluding hydrogens is 322 g/mol. The second-order valence-corrected chi connectivity index (χ2v) is 6.41. The van der Waals surface area contributed by atoms with Crippen LogP contribution in [0.2, 0.25) is 0 Å². The summed E-state index contributed by atoms with van der Waals surface area (Å²) < 4.78 is 6.84. The van der Waals surface area contributed by atoms with Crippen molar-refractivity contribution in [2.24, 2.45) is 12.5 Å². The average molecular weight is 345 g/mol. The SMILES string of the molecule is COc1ncccc1NC(=O)NC(c1cnn(C)c1)C1(CO)CCC1. The van der Waals surface area contributed by atoms with Crippen LogP contribution in [-0.2, 0) is 7.05 Å². The van der Waals surface area contributed by atoms with Crippen LogP contribution < -0.4 is 15.4 Å². The van der Waals surface area contributed by atoms with Crippen molar-refractivity contribution in [2.75, 3.05) is 19.0 Å². The van der Waals surface area contributed by atoms with E-state index in [2.05, 4.69) is 20.7 Å². The fraction of sp³-hybridized carbons (Fsp3) is 0.471. The number of aryl methyl sites for hydroxylation is 1. The number of nitrogens with one attached hydrogen (secondary N) is 2. The Kier molecular flexibility index (Phi) is 4.89. The Balaban J connectivity index is 1.79. The molecule has 8 nitrogen and oxygen atoms in total. The summed E-state index contributed by atoms with van der Waals surface area (Å²) in [7, 11) is 3.33. The van der Waals surface area contributed by atoms with Crippen molar-refractivity contribution in [3.05, 3.63) is 36.3 Å². The van der Waals surface area contributed by atoms with Gasteiger partial charge in [-0.05, 0) is 25.0 Å². The van der Waals surface area contributed by atoms with Crippen LogP contribution >= 0.6 is 0 Å². The maximum absolute atomic E-state index is 12.6. The smallest absolute Gasteiger partial charge is 0.319 e. The zero-order chi connectivity index (χ0) is 17.9. The molecule has 3 N–H and O–H groups in total. The number of pyridine rings is 1. The molecule has 0 bridgehead atoms. The van der Waals surface area contributed by atoms with Crippen LogP contribution in [-0.4, -0.2) is 39.6 Å². The highest BCUT2D eigenvalue weighted by atomic mass is 16.5. The van der Waals surface area contributed by atoms with E-state index in [-0.39, 0.29) is 24.1 Å². The highest BCUT2D eigenvalue weighted by molar-refractivity contribution is 5.90. The second-order valence-electron chi connectivity index (χ2n) is 6.41. The van der Waals surface area contributed by atoms with Crippen LogP contribution in [0.1, 0.15) is 30.9 Å². The molecule has 2 heterocycles. The van der Waals surface area contributed by atoms with Gasteiger partial charge in [0, 0.05) is 30.4 Å². The monoisotopic (exact) mass is 345 g/mol. The fourth-order valence-electron chi connectivity index (χ4n) is 3.29. The minimum atomic E-state index is -0.375. The maximum atomic E-state index is 12.6. The molecule has 0 radical (unpaired) electrons. The summed E-state index contributed by atoms with van der Waals surface area (Å²) in [5, 5.41) is 19.9. The van der Waals surface area contributed by atoms with Crippen molar-refractivity contribution in [2.45, 2.75) is 25.3 Å². The predicted octanol–water partition coefficient (Wildman–Crippen LogP) is 1.85. The van der Waals surface area contributed by atoms with Gasteiger partial charge in [0.05, 0.1) is 26.0 Å². The number of aliphatic hydroxyl groups is 1. The molecule has 2 aromatic heterocycles. The molecule has 1 saturated carbocycles. The fourth-order valence-corrected chi connectivity index (χ4v) is 3.29. The van der Waals surface area contributed by atoms with Crippen molar-refractivity contribution in [3.8, 4) is 5.88 Å². The molecule has 8 heteroatoms. The first-order valence-electron chi connectivity index (χ1n) is 8.24. The third-order valence-electron chi connectivity index (χ3n) is 4.82. The lowest BCUT2D eigenvalue weighted by Crippen LogP contribution is -2.48. The van der Waals surface area contributed by atoms with E-state index in [0.29, 0.717) is 11.6 Å². The lowest BCUT2D eigenvalue weighted by Gasteiger charge is -2.46. The molecule has 0 saturated heterocycles. The topological polar surface area (TPSA) is 101 Å². The van der Waals surface area contributed by atoms with E-state index in [4.69, 9.17) is 4.74 Å². The van der Waals surface area contributed by atoms with Crippen LogP contribution in [0, 0.1) is 5.41 Å². The third-order valence-corrected chi connectivity index (χ3v) is 4.82. The first-order chi connectivity index (χ1) is 12.1. The van der Waals surface area contributed by atoms with E-state index >= 15 is 0 Å². The molecule has 2 amide bonds. The van der Waals surface area contributed by atoms with Gasteiger partial charge in [0.25, 0.3) is 0 Å². The van der Waals surface area contributed by atoms with Gasteiger partial charge >= 0.3 is 6.03 Å². The number of nitrogens with zero attached hydrogens (tertiary/aromatic N) is 3. The van der Waals surface area contributed by atoms with Gasteiger partial charge in [0.15, 0.2) is 0 Å². The number of aromatic nitrogens is 3. The van der Waals surface area contributed by atoms with Gasteiger partial charge in [-0.15, -0.1) is 0 Å². The number of carbonyl (C=O) groups is 1. The summed E-state index contributed by atoms with van der Waals surface area (Å²) in [5.74, 6) is 0.344. The van der Waals surface area contributed by atoms with Crippen LogP contribution in [0.15, 0.2) is 30.7 Å². The Hall–Kier alpha value is -2.61. The van der Waals surface area contributed by atoms with Gasteiger partial charge < -0.3 is 20.5 Å². The second kappa shape index (κ2) is 7.10. The van der Waals surface area contributed by atoms with Crippen molar-refractivity contribution in [1.82, 2.24) is 20.1 Å². The Morgan fingerprint density at radius 2 is 2.32 bits per heavy atom. The number of hydrogen-bond donors (Lipinski definition) is 3. The molecule has 1 fully saturated rings. The molecule has 2 aromatic rings. The number of rotatable bonds is 6. The lowest BCUT2D eigenvalue weighted by molar-refractivity contribution is 0.00967. The summed E-state index contributed by atoms with van der Waals surface area (Å²) in [5.41, 5.74) is 1.02. The lowest BCUT2D eigenvalue weighted by atomic mass is 9.63. The maximum Gasteiger partial charge on any atom is 0.319 e. The van der Waals surface area contributed by atoms with E-state index in [9.17, 15) is 9.90 Å². The number of amides is 2. The van der Waals surface area contributed by atoms with Crippen LogP contribution in [0.4, 0.5) is 10.5 Å². The molecule has 1 aliphatic rings. The summed E-state index contributed by atoms with van der Waals surface area (Å²) >= 11 is 0. The normalized spacial score (nSPS) is 16.6. The standard InChI is InChI=1S/C17H23N5O3/c1-22-10-12(9-19-22)14(17(11-23)6-4-7-17)21-16(24)20-13-5-3-8-18-15(13)25-2/h3,5,8-10,14,23H,4,6-7,11H2,1-2H3,(H2,20,21,24).